The molecule has 0 spiro atoms. The molecule has 0 saturated carbocycles. The number of nitrogens with zero attached hydrogens (tertiary/aromatic N) is 2. The maximum absolute atomic E-state index is 13.0. The van der Waals surface area contributed by atoms with E-state index in [9.17, 15) is 31.5 Å². The number of benzene rings is 2. The maximum atomic E-state index is 13.0. The van der Waals surface area contributed by atoms with Gasteiger partial charge in [-0.1, -0.05) is 35.4 Å². The zero-order chi connectivity index (χ0) is 29.5. The number of sulfonamides is 1. The van der Waals surface area contributed by atoms with Crippen molar-refractivity contribution in [3.05, 3.63) is 82.0 Å². The second kappa shape index (κ2) is 13.2. The SMILES string of the molecule is COCCOc1ccc(/C=C/CN(C(=O)O)S(=O)(=O)c2ccc(Cl)cc2)c(Oc2ncc(C(F)(F)F)cc2Cl)c1. The van der Waals surface area contributed by atoms with Gasteiger partial charge in [0.15, 0.2) is 0 Å². The molecule has 0 aliphatic rings. The zero-order valence-electron chi connectivity index (χ0n) is 20.6. The number of aromatic nitrogens is 1. The van der Waals surface area contributed by atoms with Crippen molar-refractivity contribution >= 4 is 45.4 Å². The van der Waals surface area contributed by atoms with E-state index < -0.39 is 39.4 Å². The first-order chi connectivity index (χ1) is 18.8. The molecule has 9 nitrogen and oxygen atoms in total. The van der Waals surface area contributed by atoms with Gasteiger partial charge in [-0.2, -0.15) is 17.5 Å². The molecule has 0 radical (unpaired) electrons. The van der Waals surface area contributed by atoms with Gasteiger partial charge in [-0.25, -0.2) is 18.2 Å². The van der Waals surface area contributed by atoms with Gasteiger partial charge < -0.3 is 19.3 Å². The second-order valence-corrected chi connectivity index (χ2v) is 10.5. The van der Waals surface area contributed by atoms with Gasteiger partial charge in [-0.15, -0.1) is 0 Å². The molecule has 1 aromatic heterocycles. The van der Waals surface area contributed by atoms with Crippen LogP contribution in [-0.2, 0) is 20.9 Å². The van der Waals surface area contributed by atoms with E-state index in [0.717, 1.165) is 0 Å². The van der Waals surface area contributed by atoms with Crippen molar-refractivity contribution in [2.45, 2.75) is 11.1 Å². The zero-order valence-corrected chi connectivity index (χ0v) is 22.9. The fraction of sp³-hybridized carbons (Fsp3) is 0.200. The van der Waals surface area contributed by atoms with Crippen molar-refractivity contribution < 1.29 is 45.7 Å². The molecule has 15 heteroatoms. The van der Waals surface area contributed by atoms with Crippen molar-refractivity contribution in [2.24, 2.45) is 0 Å². The van der Waals surface area contributed by atoms with Crippen molar-refractivity contribution in [3.8, 4) is 17.4 Å². The number of halogens is 5. The van der Waals surface area contributed by atoms with Crippen molar-refractivity contribution in [1.29, 1.82) is 0 Å². The van der Waals surface area contributed by atoms with Crippen LogP contribution in [0.3, 0.4) is 0 Å². The number of methoxy groups -OCH3 is 1. The Morgan fingerprint density at radius 1 is 1.10 bits per heavy atom. The van der Waals surface area contributed by atoms with Gasteiger partial charge in [0.05, 0.1) is 23.6 Å². The Bertz CT molecular complexity index is 1480. The molecule has 1 N–H and O–H groups in total. The summed E-state index contributed by atoms with van der Waals surface area (Å²) in [4.78, 5) is 15.2. The normalized spacial score (nSPS) is 11.9. The molecule has 40 heavy (non-hydrogen) atoms. The largest absolute Gasteiger partial charge is 0.491 e. The number of amides is 1. The predicted octanol–water partition coefficient (Wildman–Crippen LogP) is 6.61. The van der Waals surface area contributed by atoms with Gasteiger partial charge in [-0.3, -0.25) is 0 Å². The van der Waals surface area contributed by atoms with Crippen LogP contribution in [0.2, 0.25) is 10.0 Å². The molecule has 0 fully saturated rings. The Morgan fingerprint density at radius 2 is 1.80 bits per heavy atom. The molecule has 0 unspecified atom stereocenters. The van der Waals surface area contributed by atoms with Gasteiger partial charge in [0.2, 0.25) is 5.88 Å². The topological polar surface area (TPSA) is 115 Å². The molecule has 0 atom stereocenters. The quantitative estimate of drug-likeness (QED) is 0.238. The Kier molecular flexibility index (Phi) is 10.3. The van der Waals surface area contributed by atoms with Gasteiger partial charge in [-0.05, 0) is 42.5 Å². The molecule has 2 aromatic carbocycles. The van der Waals surface area contributed by atoms with Crippen molar-refractivity contribution in [2.75, 3.05) is 26.9 Å². The third kappa shape index (κ3) is 8.01. The fourth-order valence-corrected chi connectivity index (χ4v) is 4.67. The first-order valence-corrected chi connectivity index (χ1v) is 13.4. The van der Waals surface area contributed by atoms with E-state index in [1.54, 1.807) is 6.07 Å². The highest BCUT2D eigenvalue weighted by atomic mass is 35.5. The highest BCUT2D eigenvalue weighted by Crippen LogP contribution is 2.36. The summed E-state index contributed by atoms with van der Waals surface area (Å²) in [6.45, 7) is -0.122. The second-order valence-electron chi connectivity index (χ2n) is 7.83. The van der Waals surface area contributed by atoms with Gasteiger partial charge in [0, 0.05) is 30.0 Å². The number of alkyl halides is 3. The molecule has 0 aliphatic heterocycles. The lowest BCUT2D eigenvalue weighted by atomic mass is 10.1. The lowest BCUT2D eigenvalue weighted by Crippen LogP contribution is -2.35. The van der Waals surface area contributed by atoms with Gasteiger partial charge in [0.1, 0.15) is 23.1 Å². The summed E-state index contributed by atoms with van der Waals surface area (Å²) >= 11 is 11.8. The van der Waals surface area contributed by atoms with Crippen molar-refractivity contribution in [3.63, 3.8) is 0 Å². The molecular weight excluding hydrogens is 600 g/mol. The van der Waals surface area contributed by atoms with Crippen LogP contribution in [0.5, 0.6) is 17.4 Å². The highest BCUT2D eigenvalue weighted by molar-refractivity contribution is 7.89. The molecule has 214 valence electrons. The number of carboxylic acid groups (broad SMARTS) is 1. The third-order valence-electron chi connectivity index (χ3n) is 5.07. The first-order valence-electron chi connectivity index (χ1n) is 11.2. The Hall–Kier alpha value is -3.52. The number of hydrogen-bond acceptors (Lipinski definition) is 7. The van der Waals surface area contributed by atoms with E-state index in [2.05, 4.69) is 4.98 Å². The predicted molar refractivity (Wildman–Crippen MR) is 141 cm³/mol. The average molecular weight is 621 g/mol. The number of pyridine rings is 1. The number of carbonyl (C=O) groups is 1. The van der Waals surface area contributed by atoms with E-state index in [1.165, 1.54) is 55.7 Å². The number of ether oxygens (including phenoxy) is 3. The summed E-state index contributed by atoms with van der Waals surface area (Å²) in [5.41, 5.74) is -0.789. The number of hydrogen-bond donors (Lipinski definition) is 1. The minimum atomic E-state index is -4.67. The van der Waals surface area contributed by atoms with E-state index in [-0.39, 0.29) is 44.6 Å². The van der Waals surface area contributed by atoms with Crippen LogP contribution in [-0.4, -0.2) is 55.8 Å². The summed E-state index contributed by atoms with van der Waals surface area (Å²) < 4.78 is 81.1. The van der Waals surface area contributed by atoms with Crippen LogP contribution in [0, 0.1) is 0 Å². The Balaban J connectivity index is 1.91. The van der Waals surface area contributed by atoms with Crippen LogP contribution < -0.4 is 9.47 Å². The average Bonchev–Trinajstić information content (AvgIpc) is 2.88. The third-order valence-corrected chi connectivity index (χ3v) is 7.34. The molecular formula is C25H21Cl2F3N2O7S. The standard InChI is InChI=1S/C25H21Cl2F3N2O7S/c1-37-11-12-38-19-7-4-16(22(14-19)39-23-21(27)13-17(15-31-23)25(28,29)30)3-2-10-32(24(33)34)40(35,36)20-8-5-18(26)6-9-20/h2-9,13-15H,10-12H2,1H3,(H,33,34)/b3-2+. The van der Waals surface area contributed by atoms with E-state index >= 15 is 0 Å². The van der Waals surface area contributed by atoms with Gasteiger partial charge >= 0.3 is 12.3 Å². The molecule has 1 heterocycles. The molecule has 0 bridgehead atoms. The Morgan fingerprint density at radius 3 is 2.40 bits per heavy atom. The summed E-state index contributed by atoms with van der Waals surface area (Å²) in [6, 6.07) is 10.1. The van der Waals surface area contributed by atoms with Crippen molar-refractivity contribution in [1.82, 2.24) is 9.29 Å². The summed E-state index contributed by atoms with van der Waals surface area (Å²) in [7, 11) is -2.95. The Labute approximate surface area is 237 Å². The van der Waals surface area contributed by atoms with E-state index in [1.807, 2.05) is 0 Å². The summed E-state index contributed by atoms with van der Waals surface area (Å²) in [5.74, 6) is 0.00306. The number of rotatable bonds is 11. The minimum Gasteiger partial charge on any atom is -0.491 e. The highest BCUT2D eigenvalue weighted by Gasteiger charge is 2.32. The van der Waals surface area contributed by atoms with E-state index in [0.29, 0.717) is 18.0 Å². The molecule has 3 rings (SSSR count). The lowest BCUT2D eigenvalue weighted by Gasteiger charge is -2.18. The molecule has 3 aromatic rings. The molecule has 1 amide bonds. The monoisotopic (exact) mass is 620 g/mol. The smallest absolute Gasteiger partial charge is 0.421 e. The minimum absolute atomic E-state index is 0.0303. The van der Waals surface area contributed by atoms with E-state index in [4.69, 9.17) is 37.4 Å². The van der Waals surface area contributed by atoms with Crippen LogP contribution in [0.1, 0.15) is 11.1 Å². The van der Waals surface area contributed by atoms with Crippen LogP contribution in [0.15, 0.2) is 65.7 Å². The first kappa shape index (κ1) is 31.0. The maximum Gasteiger partial charge on any atom is 0.421 e. The summed E-state index contributed by atoms with van der Waals surface area (Å²) in [5, 5.41) is 9.41. The molecule has 0 saturated heterocycles. The lowest BCUT2D eigenvalue weighted by molar-refractivity contribution is -0.137. The summed E-state index contributed by atoms with van der Waals surface area (Å²) in [6.07, 6.45) is -3.22. The molecule has 0 aliphatic carbocycles. The van der Waals surface area contributed by atoms with Crippen LogP contribution in [0.25, 0.3) is 6.08 Å². The van der Waals surface area contributed by atoms with Gasteiger partial charge in [0.25, 0.3) is 10.0 Å². The fourth-order valence-electron chi connectivity index (χ4n) is 3.12. The van der Waals surface area contributed by atoms with Crippen LogP contribution >= 0.6 is 23.2 Å². The van der Waals surface area contributed by atoms with Crippen LogP contribution in [0.4, 0.5) is 18.0 Å².